The first-order valence-corrected chi connectivity index (χ1v) is 9.37. The standard InChI is InChI=1S/C16H26N2O3S/c1-13(2)12-17-16(19)14-7-6-8-15(11-14)22(20,21)18-9-4-3-5-10-18/h6-8,11,13,16-17,19H,3-5,9-10,12H2,1-2H3. The second kappa shape index (κ2) is 7.55. The molecule has 22 heavy (non-hydrogen) atoms. The summed E-state index contributed by atoms with van der Waals surface area (Å²) < 4.78 is 26.8. The molecule has 1 aromatic carbocycles. The van der Waals surface area contributed by atoms with E-state index in [2.05, 4.69) is 19.2 Å². The fourth-order valence-electron chi connectivity index (χ4n) is 2.56. The molecular weight excluding hydrogens is 300 g/mol. The third-order valence-corrected chi connectivity index (χ3v) is 5.74. The van der Waals surface area contributed by atoms with Crippen molar-refractivity contribution in [3.05, 3.63) is 29.8 Å². The van der Waals surface area contributed by atoms with Crippen molar-refractivity contribution in [3.63, 3.8) is 0 Å². The van der Waals surface area contributed by atoms with Crippen LogP contribution in [-0.4, -0.2) is 37.5 Å². The molecule has 0 aliphatic carbocycles. The number of sulfonamides is 1. The Bertz CT molecular complexity index is 581. The monoisotopic (exact) mass is 326 g/mol. The van der Waals surface area contributed by atoms with E-state index in [1.54, 1.807) is 28.6 Å². The molecule has 124 valence electrons. The van der Waals surface area contributed by atoms with Crippen LogP contribution in [0.1, 0.15) is 44.9 Å². The Labute approximate surface area is 133 Å². The van der Waals surface area contributed by atoms with Gasteiger partial charge in [-0.3, -0.25) is 5.32 Å². The Morgan fingerprint density at radius 2 is 1.91 bits per heavy atom. The molecule has 6 heteroatoms. The number of rotatable bonds is 6. The minimum Gasteiger partial charge on any atom is -0.374 e. The third kappa shape index (κ3) is 4.29. The molecule has 0 radical (unpaired) electrons. The normalized spacial score (nSPS) is 18.5. The smallest absolute Gasteiger partial charge is 0.243 e. The zero-order valence-electron chi connectivity index (χ0n) is 13.3. The Morgan fingerprint density at radius 3 is 2.55 bits per heavy atom. The summed E-state index contributed by atoms with van der Waals surface area (Å²) in [6.07, 6.45) is 2.07. The molecule has 0 amide bonds. The van der Waals surface area contributed by atoms with Crippen molar-refractivity contribution < 1.29 is 13.5 Å². The maximum absolute atomic E-state index is 12.7. The Balaban J connectivity index is 2.16. The van der Waals surface area contributed by atoms with Crippen molar-refractivity contribution in [2.45, 2.75) is 44.2 Å². The lowest BCUT2D eigenvalue weighted by Crippen LogP contribution is -2.35. The first kappa shape index (κ1) is 17.4. The molecule has 0 aromatic heterocycles. The van der Waals surface area contributed by atoms with Gasteiger partial charge < -0.3 is 5.11 Å². The van der Waals surface area contributed by atoms with Gasteiger partial charge in [-0.1, -0.05) is 32.4 Å². The summed E-state index contributed by atoms with van der Waals surface area (Å²) in [6, 6.07) is 6.60. The zero-order chi connectivity index (χ0) is 16.2. The van der Waals surface area contributed by atoms with Gasteiger partial charge in [-0.25, -0.2) is 8.42 Å². The van der Waals surface area contributed by atoms with Crippen molar-refractivity contribution in [1.29, 1.82) is 0 Å². The Kier molecular flexibility index (Phi) is 5.97. The quantitative estimate of drug-likeness (QED) is 0.786. The summed E-state index contributed by atoms with van der Waals surface area (Å²) in [4.78, 5) is 0.261. The molecule has 0 bridgehead atoms. The molecular formula is C16H26N2O3S. The van der Waals surface area contributed by atoms with Gasteiger partial charge in [0.05, 0.1) is 4.90 Å². The maximum Gasteiger partial charge on any atom is 0.243 e. The lowest BCUT2D eigenvalue weighted by Gasteiger charge is -2.26. The molecule has 1 unspecified atom stereocenters. The summed E-state index contributed by atoms with van der Waals surface area (Å²) in [5.74, 6) is 0.412. The predicted octanol–water partition coefficient (Wildman–Crippen LogP) is 2.10. The van der Waals surface area contributed by atoms with Crippen LogP contribution in [0.15, 0.2) is 29.2 Å². The second-order valence-corrected chi connectivity index (χ2v) is 8.18. The van der Waals surface area contributed by atoms with Crippen molar-refractivity contribution in [2.75, 3.05) is 19.6 Å². The number of aliphatic hydroxyl groups is 1. The minimum absolute atomic E-state index is 0.261. The molecule has 1 aliphatic heterocycles. The van der Waals surface area contributed by atoms with E-state index < -0.39 is 16.3 Å². The van der Waals surface area contributed by atoms with Gasteiger partial charge in [-0.05, 0) is 36.5 Å². The van der Waals surface area contributed by atoms with E-state index in [1.807, 2.05) is 0 Å². The van der Waals surface area contributed by atoms with Gasteiger partial charge in [-0.15, -0.1) is 0 Å². The lowest BCUT2D eigenvalue weighted by molar-refractivity contribution is 0.134. The molecule has 1 atom stereocenters. The number of aliphatic hydroxyl groups excluding tert-OH is 1. The van der Waals surface area contributed by atoms with Crippen molar-refractivity contribution >= 4 is 10.0 Å². The fraction of sp³-hybridized carbons (Fsp3) is 0.625. The molecule has 2 rings (SSSR count). The average Bonchev–Trinajstić information content (AvgIpc) is 2.53. The predicted molar refractivity (Wildman–Crippen MR) is 86.9 cm³/mol. The van der Waals surface area contributed by atoms with Gasteiger partial charge in [0.25, 0.3) is 0 Å². The van der Waals surface area contributed by atoms with E-state index in [4.69, 9.17) is 0 Å². The van der Waals surface area contributed by atoms with Crippen LogP contribution in [0.3, 0.4) is 0 Å². The lowest BCUT2D eigenvalue weighted by atomic mass is 10.1. The molecule has 0 spiro atoms. The van der Waals surface area contributed by atoms with Gasteiger partial charge in [0.15, 0.2) is 0 Å². The van der Waals surface area contributed by atoms with Crippen LogP contribution in [-0.2, 0) is 10.0 Å². The van der Waals surface area contributed by atoms with E-state index in [1.165, 1.54) is 0 Å². The molecule has 0 saturated carbocycles. The third-order valence-electron chi connectivity index (χ3n) is 3.85. The van der Waals surface area contributed by atoms with Crippen molar-refractivity contribution in [1.82, 2.24) is 9.62 Å². The zero-order valence-corrected chi connectivity index (χ0v) is 14.1. The van der Waals surface area contributed by atoms with Crippen LogP contribution in [0.4, 0.5) is 0 Å². The molecule has 1 aliphatic rings. The van der Waals surface area contributed by atoms with Crippen molar-refractivity contribution in [2.24, 2.45) is 5.92 Å². The number of nitrogens with one attached hydrogen (secondary N) is 1. The number of nitrogens with zero attached hydrogens (tertiary/aromatic N) is 1. The molecule has 1 aromatic rings. The summed E-state index contributed by atoms with van der Waals surface area (Å²) in [5, 5.41) is 13.2. The molecule has 1 saturated heterocycles. The minimum atomic E-state index is -3.45. The largest absolute Gasteiger partial charge is 0.374 e. The van der Waals surface area contributed by atoms with Crippen molar-refractivity contribution in [3.8, 4) is 0 Å². The van der Waals surface area contributed by atoms with Gasteiger partial charge in [0, 0.05) is 19.6 Å². The fourth-order valence-corrected chi connectivity index (χ4v) is 4.14. The van der Waals surface area contributed by atoms with E-state index in [-0.39, 0.29) is 4.90 Å². The summed E-state index contributed by atoms with van der Waals surface area (Å²) in [7, 11) is -3.45. The van der Waals surface area contributed by atoms with E-state index in [0.29, 0.717) is 31.1 Å². The highest BCUT2D eigenvalue weighted by Gasteiger charge is 2.26. The van der Waals surface area contributed by atoms with Crippen LogP contribution in [0, 0.1) is 5.92 Å². The summed E-state index contributed by atoms with van der Waals surface area (Å²) >= 11 is 0. The molecule has 2 N–H and O–H groups in total. The molecule has 1 heterocycles. The van der Waals surface area contributed by atoms with Gasteiger partial charge in [-0.2, -0.15) is 4.31 Å². The first-order chi connectivity index (χ1) is 10.4. The van der Waals surface area contributed by atoms with Gasteiger partial charge in [0.1, 0.15) is 6.23 Å². The summed E-state index contributed by atoms with van der Waals surface area (Å²) in [6.45, 7) is 5.94. The Hall–Kier alpha value is -0.950. The highest BCUT2D eigenvalue weighted by molar-refractivity contribution is 7.89. The highest BCUT2D eigenvalue weighted by Crippen LogP contribution is 2.22. The van der Waals surface area contributed by atoms with Gasteiger partial charge in [0.2, 0.25) is 10.0 Å². The molecule has 5 nitrogen and oxygen atoms in total. The van der Waals surface area contributed by atoms with Crippen LogP contribution in [0.2, 0.25) is 0 Å². The van der Waals surface area contributed by atoms with E-state index in [9.17, 15) is 13.5 Å². The Morgan fingerprint density at radius 1 is 1.23 bits per heavy atom. The van der Waals surface area contributed by atoms with Crippen LogP contribution in [0.5, 0.6) is 0 Å². The number of hydrogen-bond acceptors (Lipinski definition) is 4. The van der Waals surface area contributed by atoms with Crippen LogP contribution in [0.25, 0.3) is 0 Å². The van der Waals surface area contributed by atoms with E-state index >= 15 is 0 Å². The maximum atomic E-state index is 12.7. The molecule has 1 fully saturated rings. The van der Waals surface area contributed by atoms with Gasteiger partial charge >= 0.3 is 0 Å². The number of benzene rings is 1. The number of piperidine rings is 1. The van der Waals surface area contributed by atoms with Crippen LogP contribution >= 0.6 is 0 Å². The van der Waals surface area contributed by atoms with Crippen LogP contribution < -0.4 is 5.32 Å². The topological polar surface area (TPSA) is 69.6 Å². The van der Waals surface area contributed by atoms with E-state index in [0.717, 1.165) is 19.3 Å². The second-order valence-electron chi connectivity index (χ2n) is 6.24. The number of hydrogen-bond donors (Lipinski definition) is 2. The highest BCUT2D eigenvalue weighted by atomic mass is 32.2. The SMILES string of the molecule is CC(C)CNC(O)c1cccc(S(=O)(=O)N2CCCCC2)c1. The first-order valence-electron chi connectivity index (χ1n) is 7.93. The average molecular weight is 326 g/mol. The summed E-state index contributed by atoms with van der Waals surface area (Å²) in [5.41, 5.74) is 0.582.